The monoisotopic (exact) mass is 227 g/mol. The molecule has 0 spiro atoms. The van der Waals surface area contributed by atoms with Crippen molar-refractivity contribution in [2.45, 2.75) is 13.8 Å². The van der Waals surface area contributed by atoms with Crippen LogP contribution in [0.2, 0.25) is 0 Å². The van der Waals surface area contributed by atoms with Gasteiger partial charge in [0, 0.05) is 11.8 Å². The number of hydrogen-bond donors (Lipinski definition) is 2. The predicted octanol–water partition coefficient (Wildman–Crippen LogP) is -2.76. The molecule has 0 aromatic heterocycles. The fourth-order valence-corrected chi connectivity index (χ4v) is 0.627. The van der Waals surface area contributed by atoms with Gasteiger partial charge in [0.1, 0.15) is 6.54 Å². The van der Waals surface area contributed by atoms with E-state index in [0.29, 0.717) is 12.3 Å². The zero-order valence-corrected chi connectivity index (χ0v) is 11.8. The van der Waals surface area contributed by atoms with Crippen molar-refractivity contribution in [1.29, 1.82) is 0 Å². The molecular formula is C8H14KNO4. The standard InChI is InChI=1S/C8H13NO4.K.H/c1-3-13-8(12)4-6(2)9-5-7(10)11;;/h4,9H,3,5H2,1-2H3,(H,10,11);;/q;+1;-1/b6-4+;;. The van der Waals surface area contributed by atoms with Gasteiger partial charge in [-0.25, -0.2) is 4.79 Å². The quantitative estimate of drug-likeness (QED) is 0.302. The molecule has 0 rings (SSSR count). The van der Waals surface area contributed by atoms with E-state index in [4.69, 9.17) is 5.11 Å². The number of esters is 1. The van der Waals surface area contributed by atoms with Crippen LogP contribution >= 0.6 is 0 Å². The molecule has 0 aliphatic carbocycles. The molecule has 2 N–H and O–H groups in total. The van der Waals surface area contributed by atoms with Crippen LogP contribution < -0.4 is 56.7 Å². The van der Waals surface area contributed by atoms with Gasteiger partial charge in [-0.2, -0.15) is 0 Å². The van der Waals surface area contributed by atoms with Gasteiger partial charge in [-0.1, -0.05) is 0 Å². The molecule has 0 saturated carbocycles. The number of aliphatic carboxylic acids is 1. The van der Waals surface area contributed by atoms with Crippen LogP contribution in [0.3, 0.4) is 0 Å². The van der Waals surface area contributed by atoms with Crippen molar-refractivity contribution >= 4 is 11.9 Å². The molecule has 76 valence electrons. The molecule has 0 atom stereocenters. The number of carbonyl (C=O) groups is 2. The Balaban J connectivity index is -0.000000720. The van der Waals surface area contributed by atoms with Crippen molar-refractivity contribution in [3.63, 3.8) is 0 Å². The minimum absolute atomic E-state index is 0. The van der Waals surface area contributed by atoms with E-state index in [9.17, 15) is 9.59 Å². The molecule has 0 aromatic rings. The Hall–Kier alpha value is 0.116. The molecule has 0 amide bonds. The second kappa shape index (κ2) is 9.66. The maximum Gasteiger partial charge on any atom is 1.00 e. The van der Waals surface area contributed by atoms with Crippen LogP contribution in [-0.2, 0) is 14.3 Å². The molecule has 0 aromatic carbocycles. The van der Waals surface area contributed by atoms with Crippen molar-refractivity contribution in [1.82, 2.24) is 5.32 Å². The summed E-state index contributed by atoms with van der Waals surface area (Å²) in [6.45, 7) is 3.40. The summed E-state index contributed by atoms with van der Waals surface area (Å²) in [7, 11) is 0. The van der Waals surface area contributed by atoms with Gasteiger partial charge in [0.15, 0.2) is 0 Å². The molecule has 0 aliphatic heterocycles. The number of nitrogens with one attached hydrogen (secondary N) is 1. The number of rotatable bonds is 5. The molecule has 0 saturated heterocycles. The summed E-state index contributed by atoms with van der Waals surface area (Å²) in [6, 6.07) is 0. The third-order valence-electron chi connectivity index (χ3n) is 1.14. The van der Waals surface area contributed by atoms with Gasteiger partial charge in [-0.05, 0) is 13.8 Å². The topological polar surface area (TPSA) is 75.6 Å². The SMILES string of the molecule is CCOC(=O)/C=C(\C)NCC(=O)O.[H-].[K+]. The van der Waals surface area contributed by atoms with E-state index in [2.05, 4.69) is 10.1 Å². The molecule has 0 unspecified atom stereocenters. The Labute approximate surface area is 127 Å². The summed E-state index contributed by atoms with van der Waals surface area (Å²) in [5.41, 5.74) is 0.473. The van der Waals surface area contributed by atoms with Gasteiger partial charge in [0.05, 0.1) is 6.61 Å². The number of allylic oxidation sites excluding steroid dienone is 1. The van der Waals surface area contributed by atoms with Crippen LogP contribution in [0.5, 0.6) is 0 Å². The maximum absolute atomic E-state index is 10.8. The summed E-state index contributed by atoms with van der Waals surface area (Å²) in [6.07, 6.45) is 1.21. The van der Waals surface area contributed by atoms with E-state index in [1.165, 1.54) is 6.08 Å². The first-order valence-corrected chi connectivity index (χ1v) is 3.87. The first-order valence-electron chi connectivity index (χ1n) is 3.87. The molecule has 0 radical (unpaired) electrons. The van der Waals surface area contributed by atoms with Crippen molar-refractivity contribution in [3.05, 3.63) is 11.8 Å². The Morgan fingerprint density at radius 1 is 1.57 bits per heavy atom. The number of ether oxygens (including phenoxy) is 1. The minimum atomic E-state index is -0.975. The molecule has 0 aliphatic rings. The molecule has 6 heteroatoms. The van der Waals surface area contributed by atoms with Crippen LogP contribution in [0, 0.1) is 0 Å². The smallest absolute Gasteiger partial charge is 1.00 e. The van der Waals surface area contributed by atoms with Crippen LogP contribution in [0.4, 0.5) is 0 Å². The summed E-state index contributed by atoms with van der Waals surface area (Å²) in [4.78, 5) is 20.9. The third kappa shape index (κ3) is 10.2. The Bertz CT molecular complexity index is 233. The van der Waals surface area contributed by atoms with E-state index < -0.39 is 11.9 Å². The van der Waals surface area contributed by atoms with E-state index in [1.807, 2.05) is 0 Å². The van der Waals surface area contributed by atoms with Crippen LogP contribution in [0.15, 0.2) is 11.8 Å². The second-order valence-electron chi connectivity index (χ2n) is 2.33. The van der Waals surface area contributed by atoms with Gasteiger partial charge in [0.25, 0.3) is 0 Å². The third-order valence-corrected chi connectivity index (χ3v) is 1.14. The van der Waals surface area contributed by atoms with Crippen LogP contribution in [-0.4, -0.2) is 30.2 Å². The van der Waals surface area contributed by atoms with Crippen LogP contribution in [0.25, 0.3) is 0 Å². The number of carboxylic acid groups (broad SMARTS) is 1. The summed E-state index contributed by atoms with van der Waals surface area (Å²) in [5.74, 6) is -1.45. The Morgan fingerprint density at radius 2 is 2.14 bits per heavy atom. The normalized spacial score (nSPS) is 10.0. The summed E-state index contributed by atoms with van der Waals surface area (Å²) >= 11 is 0. The average Bonchev–Trinajstić information content (AvgIpc) is 2.01. The second-order valence-corrected chi connectivity index (χ2v) is 2.33. The molecule has 0 heterocycles. The predicted molar refractivity (Wildman–Crippen MR) is 47.1 cm³/mol. The Kier molecular flexibility index (Phi) is 11.4. The average molecular weight is 227 g/mol. The van der Waals surface area contributed by atoms with Gasteiger partial charge in [-0.3, -0.25) is 4.79 Å². The van der Waals surface area contributed by atoms with Gasteiger partial charge < -0.3 is 16.6 Å². The fraction of sp³-hybridized carbons (Fsp3) is 0.500. The zero-order chi connectivity index (χ0) is 10.3. The van der Waals surface area contributed by atoms with E-state index >= 15 is 0 Å². The van der Waals surface area contributed by atoms with Crippen LogP contribution in [0.1, 0.15) is 15.3 Å². The first kappa shape index (κ1) is 16.5. The molecule has 14 heavy (non-hydrogen) atoms. The first-order chi connectivity index (χ1) is 6.06. The minimum Gasteiger partial charge on any atom is -1.00 e. The van der Waals surface area contributed by atoms with Crippen molar-refractivity contribution < 1.29 is 72.2 Å². The van der Waals surface area contributed by atoms with E-state index in [0.717, 1.165) is 0 Å². The van der Waals surface area contributed by atoms with Crippen molar-refractivity contribution in [3.8, 4) is 0 Å². The maximum atomic E-state index is 10.8. The fourth-order valence-electron chi connectivity index (χ4n) is 0.627. The molecule has 5 nitrogen and oxygen atoms in total. The summed E-state index contributed by atoms with van der Waals surface area (Å²) in [5, 5.41) is 10.8. The molecule has 0 bridgehead atoms. The largest absolute Gasteiger partial charge is 1.00 e. The van der Waals surface area contributed by atoms with E-state index in [1.54, 1.807) is 13.8 Å². The van der Waals surface area contributed by atoms with E-state index in [-0.39, 0.29) is 59.4 Å². The van der Waals surface area contributed by atoms with Crippen molar-refractivity contribution in [2.75, 3.05) is 13.2 Å². The van der Waals surface area contributed by atoms with Gasteiger partial charge in [-0.15, -0.1) is 0 Å². The van der Waals surface area contributed by atoms with Gasteiger partial charge in [0.2, 0.25) is 0 Å². The molecule has 0 fully saturated rings. The Morgan fingerprint density at radius 3 is 2.57 bits per heavy atom. The number of carbonyl (C=O) groups excluding carboxylic acids is 1. The number of carboxylic acids is 1. The van der Waals surface area contributed by atoms with Gasteiger partial charge >= 0.3 is 63.3 Å². The number of hydrogen-bond acceptors (Lipinski definition) is 4. The zero-order valence-electron chi connectivity index (χ0n) is 9.66. The molecular weight excluding hydrogens is 213 g/mol. The summed E-state index contributed by atoms with van der Waals surface area (Å²) < 4.78 is 4.62. The van der Waals surface area contributed by atoms with Crippen molar-refractivity contribution in [2.24, 2.45) is 0 Å².